The topological polar surface area (TPSA) is 0 Å². The second-order valence-corrected chi connectivity index (χ2v) is 9.15. The molecule has 0 radical (unpaired) electrons. The van der Waals surface area contributed by atoms with Gasteiger partial charge in [-0.2, -0.15) is 0 Å². The highest BCUT2D eigenvalue weighted by Gasteiger charge is 2.44. The van der Waals surface area contributed by atoms with Crippen LogP contribution in [0.5, 0.6) is 0 Å². The van der Waals surface area contributed by atoms with Crippen molar-refractivity contribution in [2.24, 2.45) is 11.8 Å². The van der Waals surface area contributed by atoms with Crippen molar-refractivity contribution in [2.75, 3.05) is 6.66 Å². The second-order valence-electron chi connectivity index (χ2n) is 6.12. The summed E-state index contributed by atoms with van der Waals surface area (Å²) in [4.78, 5) is 0. The minimum Gasteiger partial charge on any atom is -0.100 e. The van der Waals surface area contributed by atoms with Gasteiger partial charge in [-0.3, -0.25) is 0 Å². The Labute approximate surface area is 90.6 Å². The van der Waals surface area contributed by atoms with E-state index >= 15 is 0 Å². The highest BCUT2D eigenvalue weighted by atomic mass is 31.1. The molecule has 1 saturated carbocycles. The number of rotatable bonds is 0. The molecule has 0 amide bonds. The molecule has 14 heavy (non-hydrogen) atoms. The smallest absolute Gasteiger partial charge is 0.0151 e. The SMILES string of the molecule is CC1CCCC2CCC(C)(C)P(C)C12. The molecule has 2 fully saturated rings. The number of fused-ring (bicyclic) bond motifs is 1. The standard InChI is InChI=1S/C13H25P/c1-10-6-5-7-11-8-9-13(2,3)14(4)12(10)11/h10-12H,5-9H2,1-4H3. The first-order valence-electron chi connectivity index (χ1n) is 6.25. The van der Waals surface area contributed by atoms with Gasteiger partial charge in [-0.1, -0.05) is 33.6 Å². The highest BCUT2D eigenvalue weighted by Crippen LogP contribution is 2.63. The van der Waals surface area contributed by atoms with Gasteiger partial charge in [0.05, 0.1) is 0 Å². The van der Waals surface area contributed by atoms with E-state index in [4.69, 9.17) is 0 Å². The zero-order valence-electron chi connectivity index (χ0n) is 10.2. The minimum absolute atomic E-state index is 0.268. The zero-order valence-corrected chi connectivity index (χ0v) is 11.1. The molecule has 2 rings (SSSR count). The summed E-state index contributed by atoms with van der Waals surface area (Å²) in [5, 5.41) is 0.669. The Balaban J connectivity index is 2.16. The molecule has 0 aromatic rings. The summed E-state index contributed by atoms with van der Waals surface area (Å²) in [7, 11) is 0.268. The first kappa shape index (κ1) is 10.9. The average Bonchev–Trinajstić information content (AvgIpc) is 2.12. The van der Waals surface area contributed by atoms with Crippen LogP contribution in [0.1, 0.15) is 52.9 Å². The fraction of sp³-hybridized carbons (Fsp3) is 1.00. The molecule has 1 heterocycles. The molecule has 1 aliphatic carbocycles. The summed E-state index contributed by atoms with van der Waals surface area (Å²) in [5.41, 5.74) is 1.10. The van der Waals surface area contributed by atoms with Gasteiger partial charge >= 0.3 is 0 Å². The van der Waals surface area contributed by atoms with Crippen molar-refractivity contribution in [1.29, 1.82) is 0 Å². The molecule has 0 spiro atoms. The molecule has 0 aromatic carbocycles. The normalized spacial score (nSPS) is 47.1. The van der Waals surface area contributed by atoms with Crippen molar-refractivity contribution in [3.05, 3.63) is 0 Å². The average molecular weight is 212 g/mol. The lowest BCUT2D eigenvalue weighted by molar-refractivity contribution is 0.250. The van der Waals surface area contributed by atoms with Gasteiger partial charge in [-0.05, 0) is 48.6 Å². The predicted octanol–water partition coefficient (Wildman–Crippen LogP) is 4.48. The summed E-state index contributed by atoms with van der Waals surface area (Å²) in [5.74, 6) is 2.12. The third-order valence-electron chi connectivity index (χ3n) is 4.83. The van der Waals surface area contributed by atoms with Gasteiger partial charge in [-0.25, -0.2) is 0 Å². The van der Waals surface area contributed by atoms with Crippen molar-refractivity contribution < 1.29 is 0 Å². The number of hydrogen-bond donors (Lipinski definition) is 0. The fourth-order valence-corrected chi connectivity index (χ4v) is 6.77. The third-order valence-corrected chi connectivity index (χ3v) is 8.79. The Hall–Kier alpha value is 0.430. The van der Waals surface area contributed by atoms with Gasteiger partial charge in [0.1, 0.15) is 0 Å². The van der Waals surface area contributed by atoms with Crippen LogP contribution >= 0.6 is 7.92 Å². The molecular weight excluding hydrogens is 187 g/mol. The molecule has 2 aliphatic rings. The molecule has 0 N–H and O–H groups in total. The van der Waals surface area contributed by atoms with Gasteiger partial charge < -0.3 is 0 Å². The van der Waals surface area contributed by atoms with E-state index in [2.05, 4.69) is 27.4 Å². The summed E-state index contributed by atoms with van der Waals surface area (Å²) >= 11 is 0. The minimum atomic E-state index is 0.268. The largest absolute Gasteiger partial charge is 0.100 e. The Morgan fingerprint density at radius 2 is 1.86 bits per heavy atom. The highest BCUT2D eigenvalue weighted by molar-refractivity contribution is 7.59. The lowest BCUT2D eigenvalue weighted by Gasteiger charge is -2.51. The summed E-state index contributed by atoms with van der Waals surface area (Å²) < 4.78 is 0. The predicted molar refractivity (Wildman–Crippen MR) is 66.5 cm³/mol. The quantitative estimate of drug-likeness (QED) is 0.519. The van der Waals surface area contributed by atoms with Crippen molar-refractivity contribution in [2.45, 2.75) is 63.7 Å². The van der Waals surface area contributed by atoms with Crippen LogP contribution in [0.2, 0.25) is 0 Å². The summed E-state index contributed by atoms with van der Waals surface area (Å²) in [6, 6.07) is 0. The van der Waals surface area contributed by atoms with Crippen LogP contribution < -0.4 is 0 Å². The molecule has 0 bridgehead atoms. The first-order chi connectivity index (χ1) is 6.52. The van der Waals surface area contributed by atoms with Crippen molar-refractivity contribution in [1.82, 2.24) is 0 Å². The van der Waals surface area contributed by atoms with Crippen molar-refractivity contribution in [3.8, 4) is 0 Å². The van der Waals surface area contributed by atoms with Crippen molar-refractivity contribution in [3.63, 3.8) is 0 Å². The van der Waals surface area contributed by atoms with Gasteiger partial charge in [0, 0.05) is 0 Å². The maximum absolute atomic E-state index is 2.58. The van der Waals surface area contributed by atoms with Crippen LogP contribution in [0.25, 0.3) is 0 Å². The van der Waals surface area contributed by atoms with Crippen LogP contribution in [0.15, 0.2) is 0 Å². The Bertz CT molecular complexity index is 209. The van der Waals surface area contributed by atoms with Gasteiger partial charge in [-0.15, -0.1) is 7.92 Å². The van der Waals surface area contributed by atoms with E-state index in [0.717, 1.165) is 17.5 Å². The van der Waals surface area contributed by atoms with Crippen LogP contribution in [-0.4, -0.2) is 17.5 Å². The van der Waals surface area contributed by atoms with E-state index in [-0.39, 0.29) is 7.92 Å². The molecule has 0 aromatic heterocycles. The monoisotopic (exact) mass is 212 g/mol. The fourth-order valence-electron chi connectivity index (χ4n) is 3.64. The van der Waals surface area contributed by atoms with E-state index in [1.807, 2.05) is 0 Å². The summed E-state index contributed by atoms with van der Waals surface area (Å²) in [6.45, 7) is 10.1. The van der Waals surface area contributed by atoms with Gasteiger partial charge in [0.25, 0.3) is 0 Å². The Morgan fingerprint density at radius 1 is 1.14 bits per heavy atom. The maximum Gasteiger partial charge on any atom is -0.0151 e. The van der Waals surface area contributed by atoms with E-state index in [1.165, 1.54) is 32.1 Å². The molecule has 0 nitrogen and oxygen atoms in total. The van der Waals surface area contributed by atoms with Crippen molar-refractivity contribution >= 4 is 7.92 Å². The molecule has 82 valence electrons. The lowest BCUT2D eigenvalue weighted by atomic mass is 9.78. The zero-order chi connectivity index (χ0) is 10.3. The lowest BCUT2D eigenvalue weighted by Crippen LogP contribution is -2.40. The van der Waals surface area contributed by atoms with Gasteiger partial charge in [0.2, 0.25) is 0 Å². The van der Waals surface area contributed by atoms with E-state index in [0.29, 0.717) is 5.16 Å². The van der Waals surface area contributed by atoms with Crippen LogP contribution in [0.4, 0.5) is 0 Å². The molecule has 1 heteroatoms. The van der Waals surface area contributed by atoms with Gasteiger partial charge in [0.15, 0.2) is 0 Å². The van der Waals surface area contributed by atoms with Crippen LogP contribution in [0.3, 0.4) is 0 Å². The molecule has 4 atom stereocenters. The molecule has 4 unspecified atom stereocenters. The van der Waals surface area contributed by atoms with Crippen LogP contribution in [0, 0.1) is 11.8 Å². The van der Waals surface area contributed by atoms with E-state index in [9.17, 15) is 0 Å². The van der Waals surface area contributed by atoms with E-state index < -0.39 is 0 Å². The summed E-state index contributed by atoms with van der Waals surface area (Å²) in [6.07, 6.45) is 7.56. The second kappa shape index (κ2) is 3.78. The molecular formula is C13H25P. The molecule has 1 saturated heterocycles. The Morgan fingerprint density at radius 3 is 2.57 bits per heavy atom. The van der Waals surface area contributed by atoms with Crippen LogP contribution in [-0.2, 0) is 0 Å². The maximum atomic E-state index is 2.58. The van der Waals surface area contributed by atoms with E-state index in [1.54, 1.807) is 0 Å². The number of hydrogen-bond acceptors (Lipinski definition) is 0. The molecule has 1 aliphatic heterocycles. The Kier molecular flexibility index (Phi) is 2.95. The first-order valence-corrected chi connectivity index (χ1v) is 8.11. The third kappa shape index (κ3) is 1.75.